The first-order chi connectivity index (χ1) is 20.0. The van der Waals surface area contributed by atoms with Crippen molar-refractivity contribution in [2.75, 3.05) is 13.2 Å². The Bertz CT molecular complexity index is 1270. The highest BCUT2D eigenvalue weighted by Gasteiger charge is 2.32. The smallest absolute Gasteiger partial charge is 0.243 e. The molecule has 0 aliphatic heterocycles. The number of carbonyl (C=O) groups is 2. The maximum absolute atomic E-state index is 14.1. The van der Waals surface area contributed by atoms with E-state index in [0.29, 0.717) is 44.1 Å². The van der Waals surface area contributed by atoms with Crippen molar-refractivity contribution in [3.8, 4) is 11.5 Å². The summed E-state index contributed by atoms with van der Waals surface area (Å²) in [6.07, 6.45) is 5.54. The molecule has 0 saturated heterocycles. The van der Waals surface area contributed by atoms with E-state index in [1.165, 1.54) is 0 Å². The summed E-state index contributed by atoms with van der Waals surface area (Å²) in [4.78, 5) is 29.8. The third kappa shape index (κ3) is 8.59. The van der Waals surface area contributed by atoms with Gasteiger partial charge in [-0.05, 0) is 74.4 Å². The fourth-order valence-electron chi connectivity index (χ4n) is 5.54. The predicted octanol–water partition coefficient (Wildman–Crippen LogP) is 6.42. The number of aryl methyl sites for hydroxylation is 2. The second-order valence-corrected chi connectivity index (χ2v) is 10.8. The van der Waals surface area contributed by atoms with Crippen molar-refractivity contribution in [3.05, 3.63) is 95.1 Å². The average Bonchev–Trinajstić information content (AvgIpc) is 3.49. The third-order valence-electron chi connectivity index (χ3n) is 7.81. The molecule has 1 unspecified atom stereocenters. The van der Waals surface area contributed by atoms with E-state index in [9.17, 15) is 9.59 Å². The summed E-state index contributed by atoms with van der Waals surface area (Å²) in [5, 5.41) is 3.29. The Morgan fingerprint density at radius 3 is 2.27 bits per heavy atom. The summed E-state index contributed by atoms with van der Waals surface area (Å²) >= 11 is 0. The van der Waals surface area contributed by atoms with E-state index in [0.717, 1.165) is 47.9 Å². The second-order valence-electron chi connectivity index (χ2n) is 10.8. The lowest BCUT2D eigenvalue weighted by Gasteiger charge is -2.33. The molecule has 1 aliphatic carbocycles. The van der Waals surface area contributed by atoms with Crippen molar-refractivity contribution in [2.24, 2.45) is 0 Å². The lowest BCUT2D eigenvalue weighted by atomic mass is 10.00. The normalized spacial score (nSPS) is 13.9. The molecule has 2 amide bonds. The average molecular weight is 557 g/mol. The van der Waals surface area contributed by atoms with Gasteiger partial charge < -0.3 is 19.7 Å². The molecule has 0 aromatic heterocycles. The van der Waals surface area contributed by atoms with E-state index < -0.39 is 6.04 Å². The van der Waals surface area contributed by atoms with E-state index in [-0.39, 0.29) is 24.3 Å². The van der Waals surface area contributed by atoms with Gasteiger partial charge in [0.1, 0.15) is 6.04 Å². The molecule has 1 atom stereocenters. The molecule has 41 heavy (non-hydrogen) atoms. The molecule has 0 spiro atoms. The molecule has 0 radical (unpaired) electrons. The number of nitrogens with zero attached hydrogens (tertiary/aromatic N) is 1. The summed E-state index contributed by atoms with van der Waals surface area (Å²) in [6.45, 7) is 7.41. The largest absolute Gasteiger partial charge is 0.490 e. The monoisotopic (exact) mass is 556 g/mol. The van der Waals surface area contributed by atoms with Crippen LogP contribution in [0.5, 0.6) is 11.5 Å². The lowest BCUT2D eigenvalue weighted by molar-refractivity contribution is -0.141. The van der Waals surface area contributed by atoms with Crippen LogP contribution in [0.4, 0.5) is 0 Å². The van der Waals surface area contributed by atoms with Gasteiger partial charge in [-0.25, -0.2) is 0 Å². The van der Waals surface area contributed by atoms with Gasteiger partial charge >= 0.3 is 0 Å². The van der Waals surface area contributed by atoms with Crippen molar-refractivity contribution in [1.82, 2.24) is 10.2 Å². The van der Waals surface area contributed by atoms with E-state index in [4.69, 9.17) is 9.47 Å². The first-order valence-electron chi connectivity index (χ1n) is 15.0. The Hall–Kier alpha value is -3.80. The van der Waals surface area contributed by atoms with Crippen LogP contribution < -0.4 is 14.8 Å². The van der Waals surface area contributed by atoms with E-state index in [2.05, 4.69) is 18.3 Å². The lowest BCUT2D eigenvalue weighted by Crippen LogP contribution is -2.52. The minimum absolute atomic E-state index is 0.0393. The molecular weight excluding hydrogens is 512 g/mol. The molecule has 3 aromatic carbocycles. The number of ether oxygens (including phenoxy) is 2. The van der Waals surface area contributed by atoms with Crippen molar-refractivity contribution in [2.45, 2.75) is 84.3 Å². The minimum atomic E-state index is -0.607. The Morgan fingerprint density at radius 1 is 0.878 bits per heavy atom. The standard InChI is InChI=1S/C35H44N2O4/c1-4-40-32-21-19-28(24-33(32)41-5-2)20-22-34(38)37(25-29-16-10-9-13-26(29)3)31(23-27-14-7-6-8-15-27)35(39)36-30-17-11-12-18-30/h6-10,13-16,19,21,24,30-31H,4-5,11-12,17-18,20,22-23,25H2,1-3H3,(H,36,39). The Morgan fingerprint density at radius 2 is 1.56 bits per heavy atom. The molecule has 0 heterocycles. The van der Waals surface area contributed by atoms with Crippen LogP contribution in [0, 0.1) is 6.92 Å². The molecule has 218 valence electrons. The summed E-state index contributed by atoms with van der Waals surface area (Å²) in [5.74, 6) is 1.29. The van der Waals surface area contributed by atoms with Crippen LogP contribution in [0.15, 0.2) is 72.8 Å². The molecule has 1 saturated carbocycles. The number of hydrogen-bond donors (Lipinski definition) is 1. The Labute approximate surface area is 245 Å². The molecule has 1 aliphatic rings. The van der Waals surface area contributed by atoms with Crippen molar-refractivity contribution >= 4 is 11.8 Å². The topological polar surface area (TPSA) is 67.9 Å². The molecule has 1 fully saturated rings. The number of carbonyl (C=O) groups excluding carboxylic acids is 2. The third-order valence-corrected chi connectivity index (χ3v) is 7.81. The highest BCUT2D eigenvalue weighted by atomic mass is 16.5. The van der Waals surface area contributed by atoms with Crippen LogP contribution in [0.1, 0.15) is 68.2 Å². The first-order valence-corrected chi connectivity index (χ1v) is 15.0. The zero-order chi connectivity index (χ0) is 29.0. The maximum Gasteiger partial charge on any atom is 0.243 e. The molecule has 1 N–H and O–H groups in total. The maximum atomic E-state index is 14.1. The quantitative estimate of drug-likeness (QED) is 0.249. The van der Waals surface area contributed by atoms with Crippen LogP contribution in [-0.2, 0) is 29.0 Å². The van der Waals surface area contributed by atoms with Gasteiger partial charge in [0.15, 0.2) is 11.5 Å². The van der Waals surface area contributed by atoms with E-state index in [1.54, 1.807) is 4.90 Å². The zero-order valence-electron chi connectivity index (χ0n) is 24.7. The molecular formula is C35H44N2O4. The van der Waals surface area contributed by atoms with Crippen LogP contribution in [0.25, 0.3) is 0 Å². The SMILES string of the molecule is CCOc1ccc(CCC(=O)N(Cc2ccccc2C)C(Cc2ccccc2)C(=O)NC2CCCC2)cc1OCC. The molecule has 4 rings (SSSR count). The van der Waals surface area contributed by atoms with Gasteiger partial charge in [0, 0.05) is 25.4 Å². The van der Waals surface area contributed by atoms with E-state index >= 15 is 0 Å². The minimum Gasteiger partial charge on any atom is -0.490 e. The van der Waals surface area contributed by atoms with Crippen LogP contribution in [-0.4, -0.2) is 42.0 Å². The van der Waals surface area contributed by atoms with Gasteiger partial charge in [-0.3, -0.25) is 9.59 Å². The van der Waals surface area contributed by atoms with Gasteiger partial charge in [-0.2, -0.15) is 0 Å². The number of benzene rings is 3. The summed E-state index contributed by atoms with van der Waals surface area (Å²) < 4.78 is 11.5. The molecule has 6 heteroatoms. The summed E-state index contributed by atoms with van der Waals surface area (Å²) in [5.41, 5.74) is 4.19. The fraction of sp³-hybridized carbons (Fsp3) is 0.429. The number of nitrogens with one attached hydrogen (secondary N) is 1. The number of amides is 2. The Kier molecular flexibility index (Phi) is 11.2. The second kappa shape index (κ2) is 15.3. The molecule has 0 bridgehead atoms. The molecule has 3 aromatic rings. The molecule has 6 nitrogen and oxygen atoms in total. The van der Waals surface area contributed by atoms with Crippen molar-refractivity contribution in [1.29, 1.82) is 0 Å². The summed E-state index contributed by atoms with van der Waals surface area (Å²) in [7, 11) is 0. The van der Waals surface area contributed by atoms with Crippen molar-refractivity contribution < 1.29 is 19.1 Å². The van der Waals surface area contributed by atoms with Crippen LogP contribution >= 0.6 is 0 Å². The number of rotatable bonds is 14. The van der Waals surface area contributed by atoms with Crippen molar-refractivity contribution in [3.63, 3.8) is 0 Å². The van der Waals surface area contributed by atoms with Gasteiger partial charge in [0.05, 0.1) is 13.2 Å². The Balaban J connectivity index is 1.60. The van der Waals surface area contributed by atoms with Gasteiger partial charge in [-0.1, -0.05) is 73.5 Å². The highest BCUT2D eigenvalue weighted by Crippen LogP contribution is 2.29. The van der Waals surface area contributed by atoms with Gasteiger partial charge in [0.25, 0.3) is 0 Å². The highest BCUT2D eigenvalue weighted by molar-refractivity contribution is 5.88. The van der Waals surface area contributed by atoms with Gasteiger partial charge in [0.2, 0.25) is 11.8 Å². The fourth-order valence-corrected chi connectivity index (χ4v) is 5.54. The van der Waals surface area contributed by atoms with E-state index in [1.807, 2.05) is 80.6 Å². The van der Waals surface area contributed by atoms with Gasteiger partial charge in [-0.15, -0.1) is 0 Å². The predicted molar refractivity (Wildman–Crippen MR) is 163 cm³/mol. The first kappa shape index (κ1) is 30.2. The van der Waals surface area contributed by atoms with Crippen LogP contribution in [0.3, 0.4) is 0 Å². The zero-order valence-corrected chi connectivity index (χ0v) is 24.7. The van der Waals surface area contributed by atoms with Crippen LogP contribution in [0.2, 0.25) is 0 Å². The summed E-state index contributed by atoms with van der Waals surface area (Å²) in [6, 6.07) is 23.5. The number of hydrogen-bond acceptors (Lipinski definition) is 4.